The Hall–Kier alpha value is -3.95. The lowest BCUT2D eigenvalue weighted by Crippen LogP contribution is -2.34. The summed E-state index contributed by atoms with van der Waals surface area (Å²) < 4.78 is 29.2. The van der Waals surface area contributed by atoms with E-state index in [1.54, 1.807) is 30.3 Å². The molecule has 3 aromatic carbocycles. The molecule has 3 N–H and O–H groups in total. The lowest BCUT2D eigenvalue weighted by molar-refractivity contribution is 0.0527. The van der Waals surface area contributed by atoms with E-state index in [2.05, 4.69) is 10.6 Å². The van der Waals surface area contributed by atoms with Gasteiger partial charge in [0.1, 0.15) is 49.8 Å². The molecular weight excluding hydrogens is 488 g/mol. The zero-order valence-electron chi connectivity index (χ0n) is 21.3. The first kappa shape index (κ1) is 25.7. The van der Waals surface area contributed by atoms with E-state index in [0.717, 1.165) is 22.6 Å². The van der Waals surface area contributed by atoms with Crippen LogP contribution in [0.5, 0.6) is 28.7 Å². The molecule has 2 aliphatic rings. The van der Waals surface area contributed by atoms with Gasteiger partial charge < -0.3 is 39.4 Å². The Labute approximate surface area is 221 Å². The number of aryl methyl sites for hydroxylation is 1. The maximum atomic E-state index is 11.6. The summed E-state index contributed by atoms with van der Waals surface area (Å²) >= 11 is 0. The van der Waals surface area contributed by atoms with E-state index in [1.165, 1.54) is 0 Å². The number of carbonyl (C=O) groups is 1. The summed E-state index contributed by atoms with van der Waals surface area (Å²) in [5.41, 5.74) is 2.72. The summed E-state index contributed by atoms with van der Waals surface area (Å²) in [6, 6.07) is 18.7. The molecule has 0 aromatic heterocycles. The number of rotatable bonds is 12. The number of hydrogen-bond donors (Lipinski definition) is 3. The maximum Gasteiger partial charge on any atom is 0.251 e. The largest absolute Gasteiger partial charge is 0.492 e. The minimum Gasteiger partial charge on any atom is -0.492 e. The smallest absolute Gasteiger partial charge is 0.251 e. The number of aliphatic hydroxyl groups is 1. The summed E-state index contributed by atoms with van der Waals surface area (Å²) in [4.78, 5) is 11.6. The zero-order chi connectivity index (χ0) is 26.3. The second kappa shape index (κ2) is 12.1. The van der Waals surface area contributed by atoms with Crippen molar-refractivity contribution in [1.82, 2.24) is 10.6 Å². The predicted octanol–water partition coefficient (Wildman–Crippen LogP) is 2.87. The third-order valence-corrected chi connectivity index (χ3v) is 6.28. The second-order valence-electron chi connectivity index (χ2n) is 9.25. The normalized spacial score (nSPS) is 16.4. The standard InChI is InChI=1S/C29H32N2O7/c1-19-4-2-3-5-26(19)36-17-24-18-37-28-13-23(7-9-27(28)38-24)35-16-21(32)15-30-10-11-34-22-6-8-25-20(12-22)14-31-29(25)33/h2-9,12-13,21,24,30,32H,10-11,14-18H2,1H3,(H,31,33)/t21-,24+/m0/s1. The Morgan fingerprint density at radius 2 is 1.89 bits per heavy atom. The van der Waals surface area contributed by atoms with Crippen molar-refractivity contribution in [1.29, 1.82) is 0 Å². The van der Waals surface area contributed by atoms with Crippen molar-refractivity contribution >= 4 is 5.91 Å². The molecule has 38 heavy (non-hydrogen) atoms. The van der Waals surface area contributed by atoms with Gasteiger partial charge in [-0.3, -0.25) is 4.79 Å². The van der Waals surface area contributed by atoms with Crippen molar-refractivity contribution in [2.24, 2.45) is 0 Å². The average molecular weight is 521 g/mol. The molecule has 0 fully saturated rings. The highest BCUT2D eigenvalue weighted by Gasteiger charge is 2.23. The summed E-state index contributed by atoms with van der Waals surface area (Å²) in [5.74, 6) is 3.33. The highest BCUT2D eigenvalue weighted by atomic mass is 16.6. The first-order chi connectivity index (χ1) is 18.5. The van der Waals surface area contributed by atoms with Crippen LogP contribution in [0.1, 0.15) is 21.5 Å². The Bertz CT molecular complexity index is 1270. The van der Waals surface area contributed by atoms with E-state index >= 15 is 0 Å². The number of nitrogens with one attached hydrogen (secondary N) is 2. The number of hydrogen-bond acceptors (Lipinski definition) is 8. The van der Waals surface area contributed by atoms with Gasteiger partial charge in [0.2, 0.25) is 0 Å². The van der Waals surface area contributed by atoms with Gasteiger partial charge >= 0.3 is 0 Å². The molecule has 0 bridgehead atoms. The third-order valence-electron chi connectivity index (χ3n) is 6.28. The van der Waals surface area contributed by atoms with Crippen LogP contribution in [0.4, 0.5) is 0 Å². The molecule has 2 heterocycles. The highest BCUT2D eigenvalue weighted by molar-refractivity contribution is 5.98. The van der Waals surface area contributed by atoms with Gasteiger partial charge in [-0.05, 0) is 54.4 Å². The van der Waals surface area contributed by atoms with E-state index in [9.17, 15) is 9.90 Å². The Morgan fingerprint density at radius 1 is 1.05 bits per heavy atom. The summed E-state index contributed by atoms with van der Waals surface area (Å²) in [7, 11) is 0. The molecule has 1 amide bonds. The van der Waals surface area contributed by atoms with Crippen LogP contribution in [0.25, 0.3) is 0 Å². The first-order valence-corrected chi connectivity index (χ1v) is 12.7. The van der Waals surface area contributed by atoms with Gasteiger partial charge in [0, 0.05) is 31.3 Å². The van der Waals surface area contributed by atoms with E-state index in [-0.39, 0.29) is 18.6 Å². The number of para-hydroxylation sites is 1. The number of amides is 1. The number of ether oxygens (including phenoxy) is 5. The molecule has 9 heteroatoms. The molecule has 0 unspecified atom stereocenters. The van der Waals surface area contributed by atoms with Crippen LogP contribution < -0.4 is 34.3 Å². The molecule has 2 atom stereocenters. The Balaban J connectivity index is 0.987. The number of carbonyl (C=O) groups excluding carboxylic acids is 1. The van der Waals surface area contributed by atoms with E-state index in [1.807, 2.05) is 37.3 Å². The van der Waals surface area contributed by atoms with Crippen LogP contribution in [0.2, 0.25) is 0 Å². The summed E-state index contributed by atoms with van der Waals surface area (Å²) in [5, 5.41) is 16.2. The molecule has 3 aromatic rings. The van der Waals surface area contributed by atoms with Gasteiger partial charge in [0.25, 0.3) is 5.91 Å². The van der Waals surface area contributed by atoms with E-state index in [0.29, 0.717) is 62.3 Å². The van der Waals surface area contributed by atoms with Crippen molar-refractivity contribution in [3.05, 3.63) is 77.4 Å². The molecule has 0 saturated heterocycles. The minimum absolute atomic E-state index is 0.0472. The summed E-state index contributed by atoms with van der Waals surface area (Å²) in [6.07, 6.45) is -0.905. The zero-order valence-corrected chi connectivity index (χ0v) is 21.3. The van der Waals surface area contributed by atoms with Gasteiger partial charge in [0.15, 0.2) is 17.6 Å². The van der Waals surface area contributed by atoms with Crippen LogP contribution >= 0.6 is 0 Å². The molecule has 9 nitrogen and oxygen atoms in total. The Kier molecular flexibility index (Phi) is 8.15. The number of fused-ring (bicyclic) bond motifs is 2. The quantitative estimate of drug-likeness (QED) is 0.313. The lowest BCUT2D eigenvalue weighted by Gasteiger charge is -2.27. The lowest BCUT2D eigenvalue weighted by atomic mass is 10.1. The SMILES string of the molecule is Cc1ccccc1OC[C@@H]1COc2cc(OC[C@@H](O)CNCCOc3ccc4c(c3)CNC4=O)ccc2O1. The molecule has 200 valence electrons. The van der Waals surface area contributed by atoms with Crippen molar-refractivity contribution in [2.75, 3.05) is 39.5 Å². The van der Waals surface area contributed by atoms with Gasteiger partial charge in [0.05, 0.1) is 0 Å². The van der Waals surface area contributed by atoms with Gasteiger partial charge in [-0.15, -0.1) is 0 Å². The van der Waals surface area contributed by atoms with Crippen molar-refractivity contribution < 1.29 is 33.6 Å². The van der Waals surface area contributed by atoms with Gasteiger partial charge in [-0.25, -0.2) is 0 Å². The average Bonchev–Trinajstić information content (AvgIpc) is 3.31. The number of aliphatic hydroxyl groups excluding tert-OH is 1. The second-order valence-corrected chi connectivity index (χ2v) is 9.25. The van der Waals surface area contributed by atoms with Crippen molar-refractivity contribution in [3.63, 3.8) is 0 Å². The van der Waals surface area contributed by atoms with Crippen LogP contribution in [0.15, 0.2) is 60.7 Å². The topological polar surface area (TPSA) is 108 Å². The van der Waals surface area contributed by atoms with Crippen LogP contribution in [0, 0.1) is 6.92 Å². The molecule has 0 spiro atoms. The Morgan fingerprint density at radius 3 is 2.79 bits per heavy atom. The van der Waals surface area contributed by atoms with Crippen LogP contribution in [-0.4, -0.2) is 62.7 Å². The van der Waals surface area contributed by atoms with Crippen LogP contribution in [-0.2, 0) is 6.54 Å². The number of benzene rings is 3. The fourth-order valence-corrected chi connectivity index (χ4v) is 4.23. The van der Waals surface area contributed by atoms with E-state index < -0.39 is 6.10 Å². The van der Waals surface area contributed by atoms with Crippen LogP contribution in [0.3, 0.4) is 0 Å². The van der Waals surface area contributed by atoms with Gasteiger partial charge in [-0.2, -0.15) is 0 Å². The van der Waals surface area contributed by atoms with Crippen molar-refractivity contribution in [3.8, 4) is 28.7 Å². The molecule has 0 aliphatic carbocycles. The molecule has 2 aliphatic heterocycles. The predicted molar refractivity (Wildman–Crippen MR) is 141 cm³/mol. The summed E-state index contributed by atoms with van der Waals surface area (Å²) in [6.45, 7) is 4.78. The molecular formula is C29H32N2O7. The fourth-order valence-electron chi connectivity index (χ4n) is 4.23. The van der Waals surface area contributed by atoms with Crippen molar-refractivity contribution in [2.45, 2.75) is 25.7 Å². The molecule has 0 radical (unpaired) electrons. The highest BCUT2D eigenvalue weighted by Crippen LogP contribution is 2.35. The molecule has 5 rings (SSSR count). The monoisotopic (exact) mass is 520 g/mol. The van der Waals surface area contributed by atoms with E-state index in [4.69, 9.17) is 23.7 Å². The third kappa shape index (κ3) is 6.48. The molecule has 0 saturated carbocycles. The fraction of sp³-hybridized carbons (Fsp3) is 0.345. The van der Waals surface area contributed by atoms with Gasteiger partial charge in [-0.1, -0.05) is 18.2 Å². The maximum absolute atomic E-state index is 11.6. The first-order valence-electron chi connectivity index (χ1n) is 12.7. The minimum atomic E-state index is -0.691.